The second-order valence-electron chi connectivity index (χ2n) is 5.72. The third kappa shape index (κ3) is 3.69. The lowest BCUT2D eigenvalue weighted by Gasteiger charge is -2.21. The van der Waals surface area contributed by atoms with Crippen molar-refractivity contribution >= 4 is 34.2 Å². The highest BCUT2D eigenvalue weighted by atomic mass is 32.1. The number of carbonyl (C=O) groups is 1. The number of rotatable bonds is 5. The molecule has 24 heavy (non-hydrogen) atoms. The average Bonchev–Trinajstić information content (AvgIpc) is 3.14. The fourth-order valence-electron chi connectivity index (χ4n) is 2.42. The van der Waals surface area contributed by atoms with Crippen molar-refractivity contribution in [2.45, 2.75) is 12.5 Å². The molecule has 0 bridgehead atoms. The van der Waals surface area contributed by atoms with E-state index in [-0.39, 0.29) is 12.5 Å². The van der Waals surface area contributed by atoms with Gasteiger partial charge < -0.3 is 10.4 Å². The van der Waals surface area contributed by atoms with Gasteiger partial charge in [-0.25, -0.2) is 0 Å². The summed E-state index contributed by atoms with van der Waals surface area (Å²) in [4.78, 5) is 17.2. The van der Waals surface area contributed by atoms with Gasteiger partial charge >= 0.3 is 0 Å². The lowest BCUT2D eigenvalue weighted by molar-refractivity contribution is -0.117. The van der Waals surface area contributed by atoms with E-state index in [4.69, 9.17) is 0 Å². The number of hydrogen-bond donors (Lipinski definition) is 2. The lowest BCUT2D eigenvalue weighted by Crippen LogP contribution is -2.37. The van der Waals surface area contributed by atoms with Crippen LogP contribution in [0.5, 0.6) is 0 Å². The zero-order chi connectivity index (χ0) is 17.0. The molecule has 0 radical (unpaired) electrons. The minimum Gasteiger partial charge on any atom is -0.383 e. The molecule has 4 nitrogen and oxygen atoms in total. The number of benzene rings is 1. The molecule has 0 aliphatic heterocycles. The summed E-state index contributed by atoms with van der Waals surface area (Å²) in [5.74, 6) is -0.243. The molecule has 2 N–H and O–H groups in total. The Bertz CT molecular complexity index is 865. The molecular weight excluding hydrogens is 320 g/mol. The smallest absolute Gasteiger partial charge is 0.244 e. The molecule has 2 heterocycles. The molecule has 1 atom stereocenters. The van der Waals surface area contributed by atoms with Crippen LogP contribution in [0.25, 0.3) is 17.0 Å². The van der Waals surface area contributed by atoms with Crippen molar-refractivity contribution in [2.24, 2.45) is 0 Å². The molecule has 2 aromatic heterocycles. The Morgan fingerprint density at radius 3 is 2.92 bits per heavy atom. The van der Waals surface area contributed by atoms with Crippen LogP contribution < -0.4 is 5.32 Å². The third-order valence-corrected chi connectivity index (χ3v) is 4.88. The van der Waals surface area contributed by atoms with E-state index in [0.717, 1.165) is 21.3 Å². The highest BCUT2D eigenvalue weighted by Gasteiger charge is 2.24. The number of amides is 1. The second kappa shape index (κ2) is 6.95. The van der Waals surface area contributed by atoms with E-state index in [0.29, 0.717) is 0 Å². The molecule has 0 aliphatic rings. The number of hydrogen-bond acceptors (Lipinski definition) is 4. The quantitative estimate of drug-likeness (QED) is 0.702. The number of pyridine rings is 1. The molecule has 0 fully saturated rings. The van der Waals surface area contributed by atoms with Gasteiger partial charge in [-0.15, -0.1) is 11.3 Å². The summed E-state index contributed by atoms with van der Waals surface area (Å²) in [7, 11) is 0. The van der Waals surface area contributed by atoms with Gasteiger partial charge in [0.2, 0.25) is 5.91 Å². The van der Waals surface area contributed by atoms with Crippen molar-refractivity contribution in [3.8, 4) is 0 Å². The number of fused-ring (bicyclic) bond motifs is 1. The molecular formula is C19H18N2O2S. The van der Waals surface area contributed by atoms with Crippen molar-refractivity contribution in [1.82, 2.24) is 10.3 Å². The molecule has 1 unspecified atom stereocenters. The molecule has 0 aliphatic carbocycles. The number of para-hydroxylation sites is 1. The maximum atomic E-state index is 12.0. The first-order valence-corrected chi connectivity index (χ1v) is 8.50. The maximum Gasteiger partial charge on any atom is 0.244 e. The van der Waals surface area contributed by atoms with Gasteiger partial charge in [0, 0.05) is 22.5 Å². The summed E-state index contributed by atoms with van der Waals surface area (Å²) in [5, 5.41) is 16.1. The number of aliphatic hydroxyl groups is 1. The van der Waals surface area contributed by atoms with Crippen molar-refractivity contribution in [3.05, 3.63) is 70.6 Å². The molecule has 1 amide bonds. The van der Waals surface area contributed by atoms with E-state index in [9.17, 15) is 9.90 Å². The molecule has 122 valence electrons. The number of nitrogens with one attached hydrogen (secondary N) is 1. The average molecular weight is 338 g/mol. The Balaban J connectivity index is 1.67. The first-order valence-electron chi connectivity index (χ1n) is 7.62. The molecule has 0 spiro atoms. The minimum absolute atomic E-state index is 0.160. The predicted octanol–water partition coefficient (Wildman–Crippen LogP) is 3.33. The SMILES string of the molecule is CC(O)(CNC(=O)/C=C/c1ccnc2ccccc12)c1cccs1. The largest absolute Gasteiger partial charge is 0.383 e. The third-order valence-electron chi connectivity index (χ3n) is 3.76. The number of carbonyl (C=O) groups excluding carboxylic acids is 1. The number of aromatic nitrogens is 1. The van der Waals surface area contributed by atoms with Gasteiger partial charge in [-0.1, -0.05) is 24.3 Å². The highest BCUT2D eigenvalue weighted by molar-refractivity contribution is 7.10. The second-order valence-corrected chi connectivity index (χ2v) is 6.67. The molecule has 0 saturated carbocycles. The van der Waals surface area contributed by atoms with Crippen LogP contribution in [0.3, 0.4) is 0 Å². The lowest BCUT2D eigenvalue weighted by atomic mass is 10.1. The van der Waals surface area contributed by atoms with Gasteiger partial charge in [-0.05, 0) is 42.1 Å². The van der Waals surface area contributed by atoms with Crippen molar-refractivity contribution in [1.29, 1.82) is 0 Å². The van der Waals surface area contributed by atoms with E-state index in [1.54, 1.807) is 19.2 Å². The monoisotopic (exact) mass is 338 g/mol. The summed E-state index contributed by atoms with van der Waals surface area (Å²) in [6.45, 7) is 1.85. The normalized spacial score (nSPS) is 13.9. The van der Waals surface area contributed by atoms with Crippen LogP contribution in [0.2, 0.25) is 0 Å². The molecule has 3 aromatic rings. The van der Waals surface area contributed by atoms with Crippen LogP contribution in [0.1, 0.15) is 17.4 Å². The van der Waals surface area contributed by atoms with Gasteiger partial charge in [-0.2, -0.15) is 0 Å². The summed E-state index contributed by atoms with van der Waals surface area (Å²) in [5.41, 5.74) is 0.752. The van der Waals surface area contributed by atoms with Crippen LogP contribution in [0.15, 0.2) is 60.1 Å². The van der Waals surface area contributed by atoms with Crippen molar-refractivity contribution < 1.29 is 9.90 Å². The fourth-order valence-corrected chi connectivity index (χ4v) is 3.21. The Kier molecular flexibility index (Phi) is 4.74. The van der Waals surface area contributed by atoms with Crippen LogP contribution in [-0.2, 0) is 10.4 Å². The first-order chi connectivity index (χ1) is 11.6. The number of nitrogens with zero attached hydrogens (tertiary/aromatic N) is 1. The molecule has 3 rings (SSSR count). The zero-order valence-electron chi connectivity index (χ0n) is 13.3. The van der Waals surface area contributed by atoms with Gasteiger partial charge in [0.05, 0.1) is 12.1 Å². The maximum absolute atomic E-state index is 12.0. The van der Waals surface area contributed by atoms with E-state index in [2.05, 4.69) is 10.3 Å². The fraction of sp³-hybridized carbons (Fsp3) is 0.158. The standard InChI is InChI=1S/C19H18N2O2S/c1-19(23,17-7-4-12-24-17)13-21-18(22)9-8-14-10-11-20-16-6-3-2-5-15(14)16/h2-12,23H,13H2,1H3,(H,21,22)/b9-8+. The summed E-state index contributed by atoms with van der Waals surface area (Å²) < 4.78 is 0. The Labute approximate surface area is 144 Å². The van der Waals surface area contributed by atoms with E-state index < -0.39 is 5.60 Å². The van der Waals surface area contributed by atoms with E-state index >= 15 is 0 Å². The van der Waals surface area contributed by atoms with E-state index in [1.165, 1.54) is 17.4 Å². The molecule has 0 saturated heterocycles. The Morgan fingerprint density at radius 1 is 1.29 bits per heavy atom. The topological polar surface area (TPSA) is 62.2 Å². The van der Waals surface area contributed by atoms with Crippen LogP contribution in [-0.4, -0.2) is 22.5 Å². The van der Waals surface area contributed by atoms with Gasteiger partial charge in [0.25, 0.3) is 0 Å². The van der Waals surface area contributed by atoms with Gasteiger partial charge in [-0.3, -0.25) is 9.78 Å². The first kappa shape index (κ1) is 16.4. The van der Waals surface area contributed by atoms with E-state index in [1.807, 2.05) is 47.8 Å². The summed E-state index contributed by atoms with van der Waals surface area (Å²) >= 11 is 1.47. The summed E-state index contributed by atoms with van der Waals surface area (Å²) in [6.07, 6.45) is 4.97. The van der Waals surface area contributed by atoms with Crippen molar-refractivity contribution in [3.63, 3.8) is 0 Å². The molecule has 1 aromatic carbocycles. The zero-order valence-corrected chi connectivity index (χ0v) is 14.1. The number of thiophene rings is 1. The van der Waals surface area contributed by atoms with Crippen LogP contribution in [0.4, 0.5) is 0 Å². The predicted molar refractivity (Wildman–Crippen MR) is 97.7 cm³/mol. The highest BCUT2D eigenvalue weighted by Crippen LogP contribution is 2.24. The Morgan fingerprint density at radius 2 is 2.12 bits per heavy atom. The van der Waals surface area contributed by atoms with Crippen molar-refractivity contribution in [2.75, 3.05) is 6.54 Å². The molecule has 5 heteroatoms. The van der Waals surface area contributed by atoms with Gasteiger partial charge in [0.1, 0.15) is 5.60 Å². The minimum atomic E-state index is -1.07. The van der Waals surface area contributed by atoms with Crippen LogP contribution >= 0.6 is 11.3 Å². The van der Waals surface area contributed by atoms with Crippen LogP contribution in [0, 0.1) is 0 Å². The Hall–Kier alpha value is -2.50. The summed E-state index contributed by atoms with van der Waals surface area (Å²) in [6, 6.07) is 13.4. The van der Waals surface area contributed by atoms with Gasteiger partial charge in [0.15, 0.2) is 0 Å².